The van der Waals surface area contributed by atoms with Crippen molar-refractivity contribution in [3.63, 3.8) is 0 Å². The van der Waals surface area contributed by atoms with Gasteiger partial charge in [-0.2, -0.15) is 0 Å². The Balaban J connectivity index is 2.00. The van der Waals surface area contributed by atoms with Crippen molar-refractivity contribution in [2.45, 2.75) is 25.6 Å². The highest BCUT2D eigenvalue weighted by molar-refractivity contribution is 5.28. The molecule has 2 unspecified atom stereocenters. The van der Waals surface area contributed by atoms with Gasteiger partial charge in [0.25, 0.3) is 0 Å². The van der Waals surface area contributed by atoms with Crippen LogP contribution in [0.4, 0.5) is 4.39 Å². The van der Waals surface area contributed by atoms with Crippen molar-refractivity contribution < 1.29 is 14.2 Å². The van der Waals surface area contributed by atoms with E-state index in [1.165, 1.54) is 6.07 Å². The summed E-state index contributed by atoms with van der Waals surface area (Å²) >= 11 is 0. The predicted octanol–water partition coefficient (Wildman–Crippen LogP) is 1.08. The van der Waals surface area contributed by atoms with Crippen LogP contribution in [0.3, 0.4) is 0 Å². The molecule has 1 aromatic carbocycles. The third kappa shape index (κ3) is 3.41. The largest absolute Gasteiger partial charge is 0.508 e. The Bertz CT molecular complexity index is 392. The van der Waals surface area contributed by atoms with Gasteiger partial charge in [0.2, 0.25) is 0 Å². The number of halogens is 1. The first kappa shape index (κ1) is 13.3. The standard InChI is InChI=1S/C13H19FN2O2/c1-9(15)13-8-16(2-3-18-13)7-10-4-11(14)6-12(17)5-10/h4-6,9,13,17H,2-3,7-8,15H2,1H3. The Kier molecular flexibility index (Phi) is 4.16. The molecule has 3 N–H and O–H groups in total. The van der Waals surface area contributed by atoms with E-state index in [2.05, 4.69) is 4.90 Å². The molecule has 1 aromatic rings. The van der Waals surface area contributed by atoms with Gasteiger partial charge < -0.3 is 15.6 Å². The van der Waals surface area contributed by atoms with Gasteiger partial charge in [0, 0.05) is 31.7 Å². The lowest BCUT2D eigenvalue weighted by Crippen LogP contribution is -2.49. The molecular formula is C13H19FN2O2. The van der Waals surface area contributed by atoms with E-state index in [9.17, 15) is 9.50 Å². The molecule has 0 spiro atoms. The van der Waals surface area contributed by atoms with E-state index in [1.54, 1.807) is 6.07 Å². The quantitative estimate of drug-likeness (QED) is 0.847. The highest BCUT2D eigenvalue weighted by Crippen LogP contribution is 2.18. The van der Waals surface area contributed by atoms with Crippen molar-refractivity contribution >= 4 is 0 Å². The summed E-state index contributed by atoms with van der Waals surface area (Å²) in [6, 6.07) is 4.11. The average molecular weight is 254 g/mol. The Hall–Kier alpha value is -1.17. The number of morpholine rings is 1. The zero-order valence-corrected chi connectivity index (χ0v) is 10.5. The number of ether oxygens (including phenoxy) is 1. The van der Waals surface area contributed by atoms with E-state index in [0.717, 1.165) is 24.7 Å². The fourth-order valence-corrected chi connectivity index (χ4v) is 2.18. The maximum Gasteiger partial charge on any atom is 0.127 e. The zero-order valence-electron chi connectivity index (χ0n) is 10.5. The smallest absolute Gasteiger partial charge is 0.127 e. The number of hydrogen-bond donors (Lipinski definition) is 2. The maximum absolute atomic E-state index is 13.2. The molecule has 1 aliphatic heterocycles. The fraction of sp³-hybridized carbons (Fsp3) is 0.538. The lowest BCUT2D eigenvalue weighted by Gasteiger charge is -2.34. The summed E-state index contributed by atoms with van der Waals surface area (Å²) in [6.07, 6.45) is 0.0147. The highest BCUT2D eigenvalue weighted by Gasteiger charge is 2.23. The third-order valence-corrected chi connectivity index (χ3v) is 3.11. The second-order valence-electron chi connectivity index (χ2n) is 4.82. The number of rotatable bonds is 3. The molecule has 100 valence electrons. The number of hydrogen-bond acceptors (Lipinski definition) is 4. The van der Waals surface area contributed by atoms with Crippen molar-refractivity contribution in [3.05, 3.63) is 29.6 Å². The van der Waals surface area contributed by atoms with E-state index in [-0.39, 0.29) is 17.9 Å². The van der Waals surface area contributed by atoms with Crippen LogP contribution in [-0.4, -0.2) is 41.8 Å². The zero-order chi connectivity index (χ0) is 13.1. The number of phenols is 1. The molecule has 0 radical (unpaired) electrons. The SMILES string of the molecule is CC(N)C1CN(Cc2cc(O)cc(F)c2)CCO1. The van der Waals surface area contributed by atoms with Gasteiger partial charge in [-0.15, -0.1) is 0 Å². The minimum Gasteiger partial charge on any atom is -0.508 e. The predicted molar refractivity (Wildman–Crippen MR) is 66.7 cm³/mol. The third-order valence-electron chi connectivity index (χ3n) is 3.11. The summed E-state index contributed by atoms with van der Waals surface area (Å²) in [7, 11) is 0. The molecule has 1 saturated heterocycles. The van der Waals surface area contributed by atoms with Crippen molar-refractivity contribution in [1.82, 2.24) is 4.90 Å². The number of phenolic OH excluding ortho intramolecular Hbond substituents is 1. The monoisotopic (exact) mass is 254 g/mol. The molecular weight excluding hydrogens is 235 g/mol. The second kappa shape index (κ2) is 5.65. The van der Waals surface area contributed by atoms with Crippen LogP contribution in [-0.2, 0) is 11.3 Å². The first-order valence-corrected chi connectivity index (χ1v) is 6.12. The van der Waals surface area contributed by atoms with Gasteiger partial charge in [-0.1, -0.05) is 0 Å². The summed E-state index contributed by atoms with van der Waals surface area (Å²) in [5.41, 5.74) is 6.58. The molecule has 1 heterocycles. The molecule has 1 aliphatic rings. The van der Waals surface area contributed by atoms with Gasteiger partial charge >= 0.3 is 0 Å². The normalized spacial score (nSPS) is 22.9. The molecule has 5 heteroatoms. The Labute approximate surface area is 106 Å². The van der Waals surface area contributed by atoms with Crippen molar-refractivity contribution in [2.75, 3.05) is 19.7 Å². The molecule has 4 nitrogen and oxygen atoms in total. The minimum atomic E-state index is -0.415. The molecule has 18 heavy (non-hydrogen) atoms. The number of nitrogens with zero attached hydrogens (tertiary/aromatic N) is 1. The summed E-state index contributed by atoms with van der Waals surface area (Å²) in [6.45, 7) is 4.67. The molecule has 0 aromatic heterocycles. The van der Waals surface area contributed by atoms with Crippen LogP contribution < -0.4 is 5.73 Å². The number of nitrogens with two attached hydrogens (primary N) is 1. The molecule has 0 bridgehead atoms. The Morgan fingerprint density at radius 3 is 3.00 bits per heavy atom. The van der Waals surface area contributed by atoms with Crippen LogP contribution >= 0.6 is 0 Å². The molecule has 1 fully saturated rings. The van der Waals surface area contributed by atoms with Crippen LogP contribution in [0.25, 0.3) is 0 Å². The summed E-state index contributed by atoms with van der Waals surface area (Å²) in [5.74, 6) is -0.455. The van der Waals surface area contributed by atoms with E-state index in [1.807, 2.05) is 6.92 Å². The van der Waals surface area contributed by atoms with Gasteiger partial charge in [0.05, 0.1) is 12.7 Å². The van der Waals surface area contributed by atoms with E-state index < -0.39 is 5.82 Å². The molecule has 2 atom stereocenters. The minimum absolute atomic E-state index is 0.0147. The number of benzene rings is 1. The molecule has 0 saturated carbocycles. The van der Waals surface area contributed by atoms with Gasteiger partial charge in [-0.05, 0) is 24.6 Å². The molecule has 0 amide bonds. The molecule has 0 aliphatic carbocycles. The van der Waals surface area contributed by atoms with Crippen LogP contribution in [0.5, 0.6) is 5.75 Å². The lowest BCUT2D eigenvalue weighted by molar-refractivity contribution is -0.0403. The topological polar surface area (TPSA) is 58.7 Å². The van der Waals surface area contributed by atoms with Crippen LogP contribution in [0, 0.1) is 5.82 Å². The summed E-state index contributed by atoms with van der Waals surface area (Å²) < 4.78 is 18.7. The second-order valence-corrected chi connectivity index (χ2v) is 4.82. The first-order valence-electron chi connectivity index (χ1n) is 6.12. The van der Waals surface area contributed by atoms with E-state index in [4.69, 9.17) is 10.5 Å². The molecule has 2 rings (SSSR count). The van der Waals surface area contributed by atoms with Crippen molar-refractivity contribution in [1.29, 1.82) is 0 Å². The van der Waals surface area contributed by atoms with Gasteiger partial charge in [-0.25, -0.2) is 4.39 Å². The summed E-state index contributed by atoms with van der Waals surface area (Å²) in [4.78, 5) is 2.16. The number of aromatic hydroxyl groups is 1. The van der Waals surface area contributed by atoms with Crippen LogP contribution in [0.1, 0.15) is 12.5 Å². The van der Waals surface area contributed by atoms with Gasteiger partial charge in [0.1, 0.15) is 11.6 Å². The first-order chi connectivity index (χ1) is 8.54. The van der Waals surface area contributed by atoms with E-state index >= 15 is 0 Å². The Morgan fingerprint density at radius 1 is 1.56 bits per heavy atom. The van der Waals surface area contributed by atoms with Gasteiger partial charge in [0.15, 0.2) is 0 Å². The Morgan fingerprint density at radius 2 is 2.33 bits per heavy atom. The fourth-order valence-electron chi connectivity index (χ4n) is 2.18. The van der Waals surface area contributed by atoms with E-state index in [0.29, 0.717) is 13.2 Å². The van der Waals surface area contributed by atoms with Crippen molar-refractivity contribution in [3.8, 4) is 5.75 Å². The van der Waals surface area contributed by atoms with Crippen molar-refractivity contribution in [2.24, 2.45) is 5.73 Å². The van der Waals surface area contributed by atoms with Crippen LogP contribution in [0.2, 0.25) is 0 Å². The lowest BCUT2D eigenvalue weighted by atomic mass is 10.1. The highest BCUT2D eigenvalue weighted by atomic mass is 19.1. The van der Waals surface area contributed by atoms with Gasteiger partial charge in [-0.3, -0.25) is 4.90 Å². The van der Waals surface area contributed by atoms with Crippen LogP contribution in [0.15, 0.2) is 18.2 Å². The summed E-state index contributed by atoms with van der Waals surface area (Å²) in [5, 5.41) is 9.36. The average Bonchev–Trinajstić information content (AvgIpc) is 2.27. The maximum atomic E-state index is 13.2.